The lowest BCUT2D eigenvalue weighted by Gasteiger charge is -2.25. The van der Waals surface area contributed by atoms with E-state index in [0.717, 1.165) is 12.8 Å². The second-order valence-electron chi connectivity index (χ2n) is 4.20. The molecule has 1 saturated heterocycles. The first-order valence-electron chi connectivity index (χ1n) is 5.32. The topological polar surface area (TPSA) is 60.9 Å². The summed E-state index contributed by atoms with van der Waals surface area (Å²) in [7, 11) is 1.52. The van der Waals surface area contributed by atoms with Crippen molar-refractivity contribution >= 4 is 11.8 Å². The Morgan fingerprint density at radius 2 is 2.13 bits per heavy atom. The number of aliphatic hydroxyl groups excluding tert-OH is 1. The zero-order valence-corrected chi connectivity index (χ0v) is 8.85. The van der Waals surface area contributed by atoms with Crippen LogP contribution in [0.1, 0.15) is 19.3 Å². The molecule has 5 nitrogen and oxygen atoms in total. The second-order valence-corrected chi connectivity index (χ2v) is 4.20. The number of imide groups is 1. The number of aliphatic hydroxyl groups is 1. The minimum atomic E-state index is -0.331. The van der Waals surface area contributed by atoms with E-state index in [2.05, 4.69) is 0 Å². The molecule has 0 aromatic rings. The number of rotatable bonds is 4. The molecule has 0 aromatic carbocycles. The Morgan fingerprint density at radius 3 is 2.53 bits per heavy atom. The zero-order valence-electron chi connectivity index (χ0n) is 8.85. The van der Waals surface area contributed by atoms with Crippen LogP contribution in [0, 0.1) is 0 Å². The van der Waals surface area contributed by atoms with E-state index in [0.29, 0.717) is 12.6 Å². The number of carbonyl (C=O) groups is 2. The molecular weight excluding hydrogens is 196 g/mol. The Morgan fingerprint density at radius 1 is 1.47 bits per heavy atom. The average molecular weight is 212 g/mol. The molecular formula is C10H16N2O3. The Bertz CT molecular complexity index is 288. The van der Waals surface area contributed by atoms with Crippen LogP contribution in [-0.2, 0) is 9.59 Å². The molecule has 0 spiro atoms. The van der Waals surface area contributed by atoms with E-state index < -0.39 is 0 Å². The van der Waals surface area contributed by atoms with Crippen molar-refractivity contribution in [1.82, 2.24) is 9.80 Å². The molecule has 1 atom stereocenters. The number of likely N-dealkylation sites (tertiary alicyclic amines) is 1. The van der Waals surface area contributed by atoms with E-state index in [-0.39, 0.29) is 30.9 Å². The van der Waals surface area contributed by atoms with Gasteiger partial charge in [0.2, 0.25) is 11.8 Å². The molecule has 2 fully saturated rings. The summed E-state index contributed by atoms with van der Waals surface area (Å²) in [6, 6.07) is 0.0625. The first kappa shape index (κ1) is 10.6. The quantitative estimate of drug-likeness (QED) is 0.620. The molecule has 1 unspecified atom stereocenters. The maximum atomic E-state index is 11.7. The molecule has 2 rings (SSSR count). The van der Waals surface area contributed by atoms with E-state index in [1.807, 2.05) is 4.90 Å². The lowest BCUT2D eigenvalue weighted by atomic mass is 10.2. The van der Waals surface area contributed by atoms with Gasteiger partial charge < -0.3 is 5.11 Å². The predicted molar refractivity (Wildman–Crippen MR) is 53.0 cm³/mol. The normalized spacial score (nSPS) is 26.9. The highest BCUT2D eigenvalue weighted by Gasteiger charge is 2.44. The van der Waals surface area contributed by atoms with Crippen molar-refractivity contribution in [2.45, 2.75) is 31.3 Å². The molecule has 5 heteroatoms. The van der Waals surface area contributed by atoms with Crippen LogP contribution in [0.5, 0.6) is 0 Å². The standard InChI is InChI=1S/C10H16N2O3/c1-11-9(14)6-8(10(11)15)12(4-5-13)7-2-3-7/h7-8,13H,2-6H2,1H3. The summed E-state index contributed by atoms with van der Waals surface area (Å²) < 4.78 is 0. The van der Waals surface area contributed by atoms with Gasteiger partial charge in [0.15, 0.2) is 0 Å². The van der Waals surface area contributed by atoms with Gasteiger partial charge in [0.25, 0.3) is 0 Å². The van der Waals surface area contributed by atoms with Crippen LogP contribution in [-0.4, -0.2) is 59.0 Å². The summed E-state index contributed by atoms with van der Waals surface area (Å²) in [5.41, 5.74) is 0. The Balaban J connectivity index is 2.07. The van der Waals surface area contributed by atoms with Crippen LogP contribution >= 0.6 is 0 Å². The summed E-state index contributed by atoms with van der Waals surface area (Å²) in [5.74, 6) is -0.242. The third kappa shape index (κ3) is 1.89. The molecule has 1 saturated carbocycles. The highest BCUT2D eigenvalue weighted by atomic mass is 16.3. The fourth-order valence-electron chi connectivity index (χ4n) is 2.11. The smallest absolute Gasteiger partial charge is 0.246 e. The average Bonchev–Trinajstić information content (AvgIpc) is 3.00. The van der Waals surface area contributed by atoms with Gasteiger partial charge in [-0.2, -0.15) is 0 Å². The van der Waals surface area contributed by atoms with Gasteiger partial charge in [0.1, 0.15) is 0 Å². The minimum Gasteiger partial charge on any atom is -0.395 e. The van der Waals surface area contributed by atoms with Crippen molar-refractivity contribution in [3.63, 3.8) is 0 Å². The van der Waals surface area contributed by atoms with Gasteiger partial charge in [-0.15, -0.1) is 0 Å². The Hall–Kier alpha value is -0.940. The fraction of sp³-hybridized carbons (Fsp3) is 0.800. The van der Waals surface area contributed by atoms with E-state index in [4.69, 9.17) is 5.11 Å². The number of likely N-dealkylation sites (N-methyl/N-ethyl adjacent to an activating group) is 1. The van der Waals surface area contributed by atoms with E-state index in [1.165, 1.54) is 11.9 Å². The van der Waals surface area contributed by atoms with Crippen molar-refractivity contribution in [3.05, 3.63) is 0 Å². The van der Waals surface area contributed by atoms with Gasteiger partial charge in [-0.25, -0.2) is 0 Å². The van der Waals surface area contributed by atoms with Gasteiger partial charge in [-0.3, -0.25) is 19.4 Å². The summed E-state index contributed by atoms with van der Waals surface area (Å²) in [6.07, 6.45) is 2.41. The molecule has 2 aliphatic rings. The van der Waals surface area contributed by atoms with Gasteiger partial charge in [-0.05, 0) is 12.8 Å². The predicted octanol–water partition coefficient (Wildman–Crippen LogP) is -0.800. The summed E-state index contributed by atoms with van der Waals surface area (Å²) >= 11 is 0. The highest BCUT2D eigenvalue weighted by molar-refractivity contribution is 6.05. The van der Waals surface area contributed by atoms with Crippen LogP contribution in [0.15, 0.2) is 0 Å². The molecule has 1 heterocycles. The summed E-state index contributed by atoms with van der Waals surface area (Å²) in [4.78, 5) is 26.3. The molecule has 84 valence electrons. The maximum Gasteiger partial charge on any atom is 0.246 e. The molecule has 0 radical (unpaired) electrons. The van der Waals surface area contributed by atoms with Crippen LogP contribution in [0.2, 0.25) is 0 Å². The lowest BCUT2D eigenvalue weighted by Crippen LogP contribution is -2.43. The van der Waals surface area contributed by atoms with Gasteiger partial charge >= 0.3 is 0 Å². The van der Waals surface area contributed by atoms with Crippen molar-refractivity contribution in [1.29, 1.82) is 0 Å². The Kier molecular flexibility index (Phi) is 2.75. The third-order valence-corrected chi connectivity index (χ3v) is 3.13. The van der Waals surface area contributed by atoms with Gasteiger partial charge in [0, 0.05) is 19.6 Å². The molecule has 1 aliphatic carbocycles. The van der Waals surface area contributed by atoms with Crippen molar-refractivity contribution in [3.8, 4) is 0 Å². The first-order valence-corrected chi connectivity index (χ1v) is 5.32. The lowest BCUT2D eigenvalue weighted by molar-refractivity contribution is -0.138. The second kappa shape index (κ2) is 3.90. The monoisotopic (exact) mass is 212 g/mol. The van der Waals surface area contributed by atoms with Crippen LogP contribution in [0.4, 0.5) is 0 Å². The van der Waals surface area contributed by atoms with Crippen LogP contribution < -0.4 is 0 Å². The number of nitrogens with zero attached hydrogens (tertiary/aromatic N) is 2. The van der Waals surface area contributed by atoms with E-state index in [9.17, 15) is 9.59 Å². The maximum absolute atomic E-state index is 11.7. The fourth-order valence-corrected chi connectivity index (χ4v) is 2.11. The number of amides is 2. The van der Waals surface area contributed by atoms with E-state index >= 15 is 0 Å². The minimum absolute atomic E-state index is 0.0399. The number of carbonyl (C=O) groups excluding carboxylic acids is 2. The molecule has 2 amide bonds. The molecule has 1 aliphatic heterocycles. The zero-order chi connectivity index (χ0) is 11.0. The highest BCUT2D eigenvalue weighted by Crippen LogP contribution is 2.31. The van der Waals surface area contributed by atoms with Crippen molar-refractivity contribution in [2.24, 2.45) is 0 Å². The molecule has 1 N–H and O–H groups in total. The van der Waals surface area contributed by atoms with Gasteiger partial charge in [0.05, 0.1) is 19.1 Å². The van der Waals surface area contributed by atoms with Crippen molar-refractivity contribution in [2.75, 3.05) is 20.2 Å². The van der Waals surface area contributed by atoms with Crippen molar-refractivity contribution < 1.29 is 14.7 Å². The SMILES string of the molecule is CN1C(=O)CC(N(CCO)C2CC2)C1=O. The number of hydrogen-bond acceptors (Lipinski definition) is 4. The largest absolute Gasteiger partial charge is 0.395 e. The van der Waals surface area contributed by atoms with Gasteiger partial charge in [-0.1, -0.05) is 0 Å². The van der Waals surface area contributed by atoms with E-state index in [1.54, 1.807) is 0 Å². The summed E-state index contributed by atoms with van der Waals surface area (Å²) in [5, 5.41) is 8.94. The molecule has 0 aromatic heterocycles. The van der Waals surface area contributed by atoms with Crippen LogP contribution in [0.25, 0.3) is 0 Å². The number of hydrogen-bond donors (Lipinski definition) is 1. The molecule has 0 bridgehead atoms. The Labute approximate surface area is 88.6 Å². The van der Waals surface area contributed by atoms with Crippen LogP contribution in [0.3, 0.4) is 0 Å². The third-order valence-electron chi connectivity index (χ3n) is 3.13. The molecule has 15 heavy (non-hydrogen) atoms. The summed E-state index contributed by atoms with van der Waals surface area (Å²) in [6.45, 7) is 0.528. The first-order chi connectivity index (χ1) is 7.15.